The van der Waals surface area contributed by atoms with E-state index < -0.39 is 6.04 Å². The molecule has 0 aliphatic heterocycles. The van der Waals surface area contributed by atoms with Gasteiger partial charge in [0, 0.05) is 25.6 Å². The molecule has 1 rings (SSSR count). The van der Waals surface area contributed by atoms with Crippen molar-refractivity contribution in [3.05, 3.63) is 24.3 Å². The summed E-state index contributed by atoms with van der Waals surface area (Å²) in [7, 11) is 2.92. The van der Waals surface area contributed by atoms with Crippen molar-refractivity contribution in [1.29, 1.82) is 0 Å². The number of nitrogens with one attached hydrogen (secondary N) is 2. The molecule has 0 aromatic heterocycles. The zero-order valence-corrected chi connectivity index (χ0v) is 11.5. The molecule has 0 aliphatic rings. The minimum absolute atomic E-state index is 0.00956. The maximum atomic E-state index is 11.6. The first-order valence-corrected chi connectivity index (χ1v) is 6.01. The summed E-state index contributed by atoms with van der Waals surface area (Å²) < 4.78 is 9.51. The number of rotatable bonds is 7. The Hall–Kier alpha value is -1.96. The number of carbonyl (C=O) groups excluding carboxylic acids is 2. The van der Waals surface area contributed by atoms with Crippen molar-refractivity contribution >= 4 is 23.2 Å². The maximum absolute atomic E-state index is 11.6. The highest BCUT2D eigenvalue weighted by Crippen LogP contribution is 2.13. The molecule has 0 spiro atoms. The molecule has 0 saturated heterocycles. The Labute approximate surface area is 117 Å². The van der Waals surface area contributed by atoms with Crippen molar-refractivity contribution in [3.63, 3.8) is 0 Å². The minimum atomic E-state index is -0.721. The number of hydrogen-bond donors (Lipinski definition) is 3. The normalized spacial score (nSPS) is 11.8. The fourth-order valence-electron chi connectivity index (χ4n) is 1.46. The average molecular weight is 281 g/mol. The van der Waals surface area contributed by atoms with Gasteiger partial charge in [0.25, 0.3) is 0 Å². The standard InChI is InChI=1S/C13H19N3O4/c1-19-7-11(14)13(18)16-10-5-3-9(4-6-10)15-12(17)8-20-2/h3-6,11H,7-8,14H2,1-2H3,(H,15,17)(H,16,18). The Morgan fingerprint density at radius 2 is 1.65 bits per heavy atom. The highest BCUT2D eigenvalue weighted by Gasteiger charge is 2.12. The van der Waals surface area contributed by atoms with Gasteiger partial charge in [-0.1, -0.05) is 0 Å². The van der Waals surface area contributed by atoms with Gasteiger partial charge >= 0.3 is 0 Å². The van der Waals surface area contributed by atoms with Crippen LogP contribution < -0.4 is 16.4 Å². The molecule has 1 aromatic carbocycles. The molecule has 20 heavy (non-hydrogen) atoms. The van der Waals surface area contributed by atoms with Crippen LogP contribution in [0.1, 0.15) is 0 Å². The van der Waals surface area contributed by atoms with Gasteiger partial charge in [0.05, 0.1) is 6.61 Å². The monoisotopic (exact) mass is 281 g/mol. The van der Waals surface area contributed by atoms with Gasteiger partial charge in [-0.15, -0.1) is 0 Å². The molecule has 2 amide bonds. The molecular formula is C13H19N3O4. The highest BCUT2D eigenvalue weighted by molar-refractivity contribution is 5.95. The van der Waals surface area contributed by atoms with E-state index in [1.54, 1.807) is 24.3 Å². The van der Waals surface area contributed by atoms with Crippen LogP contribution in [0, 0.1) is 0 Å². The number of carbonyl (C=O) groups is 2. The van der Waals surface area contributed by atoms with E-state index in [1.807, 2.05) is 0 Å². The summed E-state index contributed by atoms with van der Waals surface area (Å²) in [6.07, 6.45) is 0. The van der Waals surface area contributed by atoms with E-state index >= 15 is 0 Å². The molecule has 0 heterocycles. The van der Waals surface area contributed by atoms with Gasteiger partial charge in [-0.25, -0.2) is 0 Å². The molecule has 0 bridgehead atoms. The van der Waals surface area contributed by atoms with E-state index in [-0.39, 0.29) is 25.0 Å². The predicted molar refractivity (Wildman–Crippen MR) is 75.4 cm³/mol. The molecule has 0 aliphatic carbocycles. The molecule has 110 valence electrons. The first-order chi connectivity index (χ1) is 9.56. The largest absolute Gasteiger partial charge is 0.383 e. The zero-order valence-electron chi connectivity index (χ0n) is 11.5. The number of methoxy groups -OCH3 is 2. The Morgan fingerprint density at radius 3 is 2.15 bits per heavy atom. The quantitative estimate of drug-likeness (QED) is 0.662. The first kappa shape index (κ1) is 16.1. The van der Waals surface area contributed by atoms with Crippen molar-refractivity contribution in [2.75, 3.05) is 38.1 Å². The lowest BCUT2D eigenvalue weighted by atomic mass is 10.2. The minimum Gasteiger partial charge on any atom is -0.383 e. The van der Waals surface area contributed by atoms with Crippen molar-refractivity contribution in [1.82, 2.24) is 0 Å². The summed E-state index contributed by atoms with van der Waals surface area (Å²) in [5.74, 6) is -0.575. The Balaban J connectivity index is 2.54. The number of ether oxygens (including phenoxy) is 2. The van der Waals surface area contributed by atoms with Crippen LogP contribution in [0.4, 0.5) is 11.4 Å². The van der Waals surface area contributed by atoms with Crippen LogP contribution in [0.2, 0.25) is 0 Å². The van der Waals surface area contributed by atoms with E-state index in [0.29, 0.717) is 11.4 Å². The first-order valence-electron chi connectivity index (χ1n) is 6.01. The van der Waals surface area contributed by atoms with Crippen molar-refractivity contribution in [2.45, 2.75) is 6.04 Å². The van der Waals surface area contributed by atoms with Crippen LogP contribution in [0.5, 0.6) is 0 Å². The van der Waals surface area contributed by atoms with Gasteiger partial charge in [0.1, 0.15) is 12.6 Å². The van der Waals surface area contributed by atoms with Crippen LogP contribution >= 0.6 is 0 Å². The van der Waals surface area contributed by atoms with Crippen molar-refractivity contribution in [2.24, 2.45) is 5.73 Å². The fourth-order valence-corrected chi connectivity index (χ4v) is 1.46. The Bertz CT molecular complexity index is 447. The number of nitrogens with two attached hydrogens (primary N) is 1. The molecule has 1 atom stereocenters. The number of anilines is 2. The number of amides is 2. The van der Waals surface area contributed by atoms with Gasteiger partial charge in [0.2, 0.25) is 11.8 Å². The predicted octanol–water partition coefficient (Wildman–Crippen LogP) is 0.184. The van der Waals surface area contributed by atoms with Crippen LogP contribution in [0.3, 0.4) is 0 Å². The number of hydrogen-bond acceptors (Lipinski definition) is 5. The summed E-state index contributed by atoms with van der Waals surface area (Å²) in [5, 5.41) is 5.30. The summed E-state index contributed by atoms with van der Waals surface area (Å²) >= 11 is 0. The second-order valence-corrected chi connectivity index (χ2v) is 4.11. The molecule has 7 nitrogen and oxygen atoms in total. The Kier molecular flexibility index (Phi) is 6.65. The molecule has 0 radical (unpaired) electrons. The van der Waals surface area contributed by atoms with Gasteiger partial charge in [0.15, 0.2) is 0 Å². The molecule has 4 N–H and O–H groups in total. The second kappa shape index (κ2) is 8.26. The van der Waals surface area contributed by atoms with E-state index in [2.05, 4.69) is 10.6 Å². The van der Waals surface area contributed by atoms with Crippen LogP contribution in [0.15, 0.2) is 24.3 Å². The summed E-state index contributed by atoms with van der Waals surface area (Å²) in [6.45, 7) is 0.140. The van der Waals surface area contributed by atoms with Gasteiger partial charge in [-0.05, 0) is 24.3 Å². The van der Waals surface area contributed by atoms with Crippen LogP contribution in [0.25, 0.3) is 0 Å². The van der Waals surface area contributed by atoms with Gasteiger partial charge in [-0.2, -0.15) is 0 Å². The van der Waals surface area contributed by atoms with Crippen molar-refractivity contribution in [3.8, 4) is 0 Å². The molecule has 0 fully saturated rings. The molecular weight excluding hydrogens is 262 g/mol. The van der Waals surface area contributed by atoms with Gasteiger partial charge in [-0.3, -0.25) is 9.59 Å². The van der Waals surface area contributed by atoms with Gasteiger partial charge < -0.3 is 25.8 Å². The smallest absolute Gasteiger partial charge is 0.250 e. The second-order valence-electron chi connectivity index (χ2n) is 4.11. The lowest BCUT2D eigenvalue weighted by Gasteiger charge is -2.11. The Morgan fingerprint density at radius 1 is 1.10 bits per heavy atom. The number of benzene rings is 1. The molecule has 1 unspecified atom stereocenters. The molecule has 0 saturated carbocycles. The van der Waals surface area contributed by atoms with E-state index in [4.69, 9.17) is 15.2 Å². The third kappa shape index (κ3) is 5.35. The summed E-state index contributed by atoms with van der Waals surface area (Å²) in [4.78, 5) is 22.9. The maximum Gasteiger partial charge on any atom is 0.250 e. The lowest BCUT2D eigenvalue weighted by molar-refractivity contribution is -0.120. The lowest BCUT2D eigenvalue weighted by Crippen LogP contribution is -2.39. The fraction of sp³-hybridized carbons (Fsp3) is 0.385. The van der Waals surface area contributed by atoms with E-state index in [9.17, 15) is 9.59 Å². The zero-order chi connectivity index (χ0) is 15.0. The third-order valence-electron chi connectivity index (χ3n) is 2.39. The van der Waals surface area contributed by atoms with Crippen molar-refractivity contribution < 1.29 is 19.1 Å². The topological polar surface area (TPSA) is 103 Å². The van der Waals surface area contributed by atoms with Crippen LogP contribution in [-0.4, -0.2) is 45.3 Å². The summed E-state index contributed by atoms with van der Waals surface area (Å²) in [6, 6.07) is 5.96. The van der Waals surface area contributed by atoms with Crippen LogP contribution in [-0.2, 0) is 19.1 Å². The van der Waals surface area contributed by atoms with E-state index in [1.165, 1.54) is 14.2 Å². The highest BCUT2D eigenvalue weighted by atomic mass is 16.5. The average Bonchev–Trinajstić information content (AvgIpc) is 2.41. The SMILES string of the molecule is COCC(=O)Nc1ccc(NC(=O)C(N)COC)cc1. The molecule has 1 aromatic rings. The third-order valence-corrected chi connectivity index (χ3v) is 2.39. The summed E-state index contributed by atoms with van der Waals surface area (Å²) in [5.41, 5.74) is 6.80. The molecule has 7 heteroatoms. The van der Waals surface area contributed by atoms with E-state index in [0.717, 1.165) is 0 Å².